The molecular weight excluding hydrogens is 470 g/mol. The van der Waals surface area contributed by atoms with Crippen molar-refractivity contribution in [2.24, 2.45) is 22.2 Å². The molecule has 1 aromatic rings. The highest BCUT2D eigenvalue weighted by Crippen LogP contribution is 2.01. The van der Waals surface area contributed by atoms with Crippen LogP contribution >= 0.6 is 12.6 Å². The summed E-state index contributed by atoms with van der Waals surface area (Å²) < 4.78 is 0. The van der Waals surface area contributed by atoms with E-state index < -0.39 is 54.5 Å². The number of carbonyl (C=O) groups excluding carboxylic acids is 3. The van der Waals surface area contributed by atoms with Crippen molar-refractivity contribution >= 4 is 42.3 Å². The van der Waals surface area contributed by atoms with E-state index in [1.807, 2.05) is 0 Å². The monoisotopic (exact) mass is 501 g/mol. The number of aliphatic hydroxyl groups is 1. The van der Waals surface area contributed by atoms with Crippen LogP contribution < -0.4 is 33.2 Å². The highest BCUT2D eigenvalue weighted by Gasteiger charge is 2.29. The van der Waals surface area contributed by atoms with Crippen LogP contribution in [0.1, 0.15) is 18.5 Å². The van der Waals surface area contributed by atoms with Crippen molar-refractivity contribution in [3.8, 4) is 0 Å². The molecule has 3 amide bonds. The maximum atomic E-state index is 12.5. The van der Waals surface area contributed by atoms with Crippen molar-refractivity contribution < 1.29 is 29.4 Å². The first kappa shape index (κ1) is 28.7. The standard InChI is InChI=1S/C18H31N9O6S/c19-10(4-9-5-22-8-24-9)14(29)27-13(7-34)16(31)26-12(6-28)15(30)25-11(17(32)33)2-1-3-23-18(20)21/h5,8,10-13,28,34H,1-4,6-7,19H2,(H,22,24)(H,25,30)(H,26,31)(H,27,29)(H,32,33)(H4,20,21,23). The molecule has 0 fully saturated rings. The number of aliphatic carboxylic acids is 1. The number of nitrogens with zero attached hydrogens (tertiary/aromatic N) is 2. The third-order valence-corrected chi connectivity index (χ3v) is 4.89. The van der Waals surface area contributed by atoms with Crippen LogP contribution in [0.25, 0.3) is 0 Å². The van der Waals surface area contributed by atoms with Crippen LogP contribution in [-0.2, 0) is 25.6 Å². The topological polar surface area (TPSA) is 264 Å². The number of carbonyl (C=O) groups is 4. The number of nitrogens with two attached hydrogens (primary N) is 3. The second-order valence-electron chi connectivity index (χ2n) is 7.22. The lowest BCUT2D eigenvalue weighted by Crippen LogP contribution is -2.58. The summed E-state index contributed by atoms with van der Waals surface area (Å²) in [4.78, 5) is 59.1. The molecule has 12 N–H and O–H groups in total. The minimum Gasteiger partial charge on any atom is -0.480 e. The summed E-state index contributed by atoms with van der Waals surface area (Å²) in [5, 5.41) is 25.8. The van der Waals surface area contributed by atoms with Gasteiger partial charge in [-0.15, -0.1) is 0 Å². The number of guanidine groups is 1. The number of aromatic nitrogens is 2. The van der Waals surface area contributed by atoms with Crippen molar-refractivity contribution in [3.05, 3.63) is 18.2 Å². The van der Waals surface area contributed by atoms with E-state index in [4.69, 9.17) is 17.2 Å². The van der Waals surface area contributed by atoms with Gasteiger partial charge in [-0.1, -0.05) is 0 Å². The van der Waals surface area contributed by atoms with Gasteiger partial charge in [-0.25, -0.2) is 9.78 Å². The van der Waals surface area contributed by atoms with Gasteiger partial charge in [-0.3, -0.25) is 19.4 Å². The largest absolute Gasteiger partial charge is 0.480 e. The third-order valence-electron chi connectivity index (χ3n) is 4.52. The Morgan fingerprint density at radius 2 is 1.71 bits per heavy atom. The summed E-state index contributed by atoms with van der Waals surface area (Å²) in [6.45, 7) is -0.654. The third kappa shape index (κ3) is 10.1. The number of nitrogens with one attached hydrogen (secondary N) is 4. The first-order valence-corrected chi connectivity index (χ1v) is 10.9. The average Bonchev–Trinajstić information content (AvgIpc) is 3.29. The smallest absolute Gasteiger partial charge is 0.326 e. The fraction of sp³-hybridized carbons (Fsp3) is 0.556. The molecule has 1 aromatic heterocycles. The zero-order valence-corrected chi connectivity index (χ0v) is 19.2. The van der Waals surface area contributed by atoms with E-state index in [0.29, 0.717) is 5.69 Å². The van der Waals surface area contributed by atoms with Gasteiger partial charge in [0.1, 0.15) is 18.1 Å². The van der Waals surface area contributed by atoms with Gasteiger partial charge in [-0.2, -0.15) is 12.6 Å². The second kappa shape index (κ2) is 14.7. The molecule has 0 spiro atoms. The van der Waals surface area contributed by atoms with Gasteiger partial charge < -0.3 is 48.3 Å². The minimum absolute atomic E-state index is 0.00743. The van der Waals surface area contributed by atoms with Crippen LogP contribution in [0.2, 0.25) is 0 Å². The quantitative estimate of drug-likeness (QED) is 0.0479. The molecule has 15 nitrogen and oxygen atoms in total. The molecule has 0 aromatic carbocycles. The van der Waals surface area contributed by atoms with Crippen molar-refractivity contribution in [2.45, 2.75) is 43.4 Å². The highest BCUT2D eigenvalue weighted by atomic mass is 32.1. The van der Waals surface area contributed by atoms with Crippen molar-refractivity contribution in [2.75, 3.05) is 18.9 Å². The molecule has 0 aliphatic rings. The Balaban J connectivity index is 2.66. The second-order valence-corrected chi connectivity index (χ2v) is 7.59. The molecule has 0 radical (unpaired) electrons. The molecule has 0 aliphatic heterocycles. The summed E-state index contributed by atoms with van der Waals surface area (Å²) in [5.74, 6) is -3.96. The van der Waals surface area contributed by atoms with E-state index in [0.717, 1.165) is 0 Å². The zero-order valence-electron chi connectivity index (χ0n) is 18.3. The van der Waals surface area contributed by atoms with Crippen LogP contribution in [0, 0.1) is 0 Å². The van der Waals surface area contributed by atoms with Gasteiger partial charge in [0.2, 0.25) is 17.7 Å². The maximum Gasteiger partial charge on any atom is 0.326 e. The first-order chi connectivity index (χ1) is 16.1. The van der Waals surface area contributed by atoms with Gasteiger partial charge in [0.05, 0.1) is 19.0 Å². The number of hydrogen-bond donors (Lipinski definition) is 10. The van der Waals surface area contributed by atoms with Gasteiger partial charge in [0.25, 0.3) is 0 Å². The number of amides is 3. The van der Waals surface area contributed by atoms with E-state index >= 15 is 0 Å². The Hall–Kier alpha value is -3.37. The fourth-order valence-corrected chi connectivity index (χ4v) is 2.96. The molecule has 0 aliphatic carbocycles. The van der Waals surface area contributed by atoms with E-state index in [2.05, 4.69) is 43.5 Å². The van der Waals surface area contributed by atoms with E-state index in [1.165, 1.54) is 12.5 Å². The molecule has 0 bridgehead atoms. The lowest BCUT2D eigenvalue weighted by molar-refractivity contribution is -0.142. The average molecular weight is 502 g/mol. The Morgan fingerprint density at radius 3 is 2.24 bits per heavy atom. The van der Waals surface area contributed by atoms with E-state index in [-0.39, 0.29) is 37.5 Å². The summed E-state index contributed by atoms with van der Waals surface area (Å²) in [7, 11) is 0. The van der Waals surface area contributed by atoms with Crippen molar-refractivity contribution in [3.63, 3.8) is 0 Å². The normalized spacial score (nSPS) is 14.2. The SMILES string of the molecule is NC(N)=NCCCC(NC(=O)C(CO)NC(=O)C(CS)NC(=O)C(N)Cc1cnc[nH]1)C(=O)O. The van der Waals surface area contributed by atoms with Gasteiger partial charge >= 0.3 is 5.97 Å². The summed E-state index contributed by atoms with van der Waals surface area (Å²) in [5.41, 5.74) is 16.9. The van der Waals surface area contributed by atoms with Crippen molar-refractivity contribution in [1.82, 2.24) is 25.9 Å². The van der Waals surface area contributed by atoms with Crippen LogP contribution in [-0.4, -0.2) is 92.9 Å². The minimum atomic E-state index is -1.47. The molecule has 4 unspecified atom stereocenters. The Morgan fingerprint density at radius 1 is 1.09 bits per heavy atom. The van der Waals surface area contributed by atoms with Crippen molar-refractivity contribution in [1.29, 1.82) is 0 Å². The zero-order chi connectivity index (χ0) is 25.7. The first-order valence-electron chi connectivity index (χ1n) is 10.2. The predicted octanol–water partition coefficient (Wildman–Crippen LogP) is -4.21. The van der Waals surface area contributed by atoms with Gasteiger partial charge in [0, 0.05) is 30.6 Å². The van der Waals surface area contributed by atoms with E-state index in [9.17, 15) is 29.4 Å². The number of rotatable bonds is 15. The summed E-state index contributed by atoms with van der Waals surface area (Å²) >= 11 is 4.03. The number of hydrogen-bond acceptors (Lipinski definition) is 9. The van der Waals surface area contributed by atoms with Crippen LogP contribution in [0.15, 0.2) is 17.5 Å². The molecule has 16 heteroatoms. The van der Waals surface area contributed by atoms with Gasteiger partial charge in [-0.05, 0) is 12.8 Å². The Labute approximate surface area is 200 Å². The Bertz CT molecular complexity index is 847. The molecule has 1 heterocycles. The number of carboxylic acid groups (broad SMARTS) is 1. The number of aliphatic hydroxyl groups excluding tert-OH is 1. The Kier molecular flexibility index (Phi) is 12.4. The number of thiol groups is 1. The highest BCUT2D eigenvalue weighted by molar-refractivity contribution is 7.80. The van der Waals surface area contributed by atoms with Gasteiger partial charge in [0.15, 0.2) is 5.96 Å². The number of aromatic amines is 1. The molecule has 0 saturated carbocycles. The summed E-state index contributed by atoms with van der Waals surface area (Å²) in [6, 6.07) is -4.92. The molecular formula is C18H31N9O6S. The van der Waals surface area contributed by atoms with E-state index in [1.54, 1.807) is 0 Å². The number of aliphatic imine (C=N–C) groups is 1. The van der Waals surface area contributed by atoms with Crippen LogP contribution in [0.3, 0.4) is 0 Å². The molecule has 0 saturated heterocycles. The molecule has 4 atom stereocenters. The maximum absolute atomic E-state index is 12.5. The predicted molar refractivity (Wildman–Crippen MR) is 125 cm³/mol. The number of imidazole rings is 1. The molecule has 1 rings (SSSR count). The van der Waals surface area contributed by atoms with Crippen LogP contribution in [0.5, 0.6) is 0 Å². The lowest BCUT2D eigenvalue weighted by atomic mass is 10.1. The van der Waals surface area contributed by atoms with Crippen LogP contribution in [0.4, 0.5) is 0 Å². The molecule has 190 valence electrons. The lowest BCUT2D eigenvalue weighted by Gasteiger charge is -2.23. The fourth-order valence-electron chi connectivity index (χ4n) is 2.70. The summed E-state index contributed by atoms with van der Waals surface area (Å²) in [6.07, 6.45) is 3.36. The number of H-pyrrole nitrogens is 1. The molecule has 34 heavy (non-hydrogen) atoms. The number of carboxylic acids is 1.